The smallest absolute Gasteiger partial charge is 0.332 e. The molecule has 5 nitrogen and oxygen atoms in total. The number of methoxy groups -OCH3 is 1. The Labute approximate surface area is 110 Å². The van der Waals surface area contributed by atoms with Gasteiger partial charge in [-0.25, -0.2) is 4.79 Å². The first-order chi connectivity index (χ1) is 8.52. The van der Waals surface area contributed by atoms with Crippen LogP contribution in [0.4, 0.5) is 5.69 Å². The third kappa shape index (κ3) is 4.73. The summed E-state index contributed by atoms with van der Waals surface area (Å²) in [5.41, 5.74) is 1.46. The third-order valence-electron chi connectivity index (χ3n) is 2.10. The van der Waals surface area contributed by atoms with Crippen LogP contribution in [0, 0.1) is 6.92 Å². The number of anilines is 1. The van der Waals surface area contributed by atoms with Crippen molar-refractivity contribution in [3.05, 3.63) is 28.8 Å². The summed E-state index contributed by atoms with van der Waals surface area (Å²) in [5, 5.41) is 3.13. The number of ether oxygens (including phenoxy) is 2. The lowest BCUT2D eigenvalue weighted by Gasteiger charge is -2.09. The summed E-state index contributed by atoms with van der Waals surface area (Å²) in [6.07, 6.45) is 0. The van der Waals surface area contributed by atoms with Crippen LogP contribution in [-0.2, 0) is 19.1 Å². The van der Waals surface area contributed by atoms with Crippen molar-refractivity contribution in [3.8, 4) is 0 Å². The van der Waals surface area contributed by atoms with E-state index in [0.717, 1.165) is 5.56 Å². The summed E-state index contributed by atoms with van der Waals surface area (Å²) in [6, 6.07) is 5.14. The molecule has 0 heterocycles. The van der Waals surface area contributed by atoms with Crippen molar-refractivity contribution in [2.24, 2.45) is 0 Å². The average Bonchev–Trinajstić information content (AvgIpc) is 2.32. The molecule has 0 saturated carbocycles. The zero-order chi connectivity index (χ0) is 13.5. The molecule has 0 aliphatic heterocycles. The van der Waals surface area contributed by atoms with Gasteiger partial charge in [-0.15, -0.1) is 0 Å². The topological polar surface area (TPSA) is 64.6 Å². The van der Waals surface area contributed by atoms with Crippen LogP contribution in [0.3, 0.4) is 0 Å². The quantitative estimate of drug-likeness (QED) is 0.829. The Balaban J connectivity index is 2.49. The van der Waals surface area contributed by atoms with Crippen LogP contribution in [0.5, 0.6) is 0 Å². The van der Waals surface area contributed by atoms with Crippen LogP contribution in [0.25, 0.3) is 0 Å². The second-order valence-electron chi connectivity index (χ2n) is 3.60. The molecule has 6 heteroatoms. The maximum Gasteiger partial charge on any atom is 0.332 e. The lowest BCUT2D eigenvalue weighted by Crippen LogP contribution is -2.22. The fourth-order valence-electron chi connectivity index (χ4n) is 1.22. The number of halogens is 1. The van der Waals surface area contributed by atoms with Gasteiger partial charge in [0.1, 0.15) is 6.61 Å². The molecule has 0 radical (unpaired) electrons. The predicted octanol–water partition coefficient (Wildman–Crippen LogP) is 1.78. The van der Waals surface area contributed by atoms with E-state index in [1.54, 1.807) is 18.2 Å². The SMILES string of the molecule is COCC(=O)OCC(=O)Nc1cc(Cl)ccc1C. The summed E-state index contributed by atoms with van der Waals surface area (Å²) in [5.74, 6) is -1.01. The standard InChI is InChI=1S/C12H14ClNO4/c1-8-3-4-9(13)5-10(8)14-11(15)6-18-12(16)7-17-2/h3-5H,6-7H2,1-2H3,(H,14,15). The first-order valence-corrected chi connectivity index (χ1v) is 5.61. The second kappa shape index (κ2) is 6.98. The monoisotopic (exact) mass is 271 g/mol. The van der Waals surface area contributed by atoms with Crippen LogP contribution in [0.2, 0.25) is 5.02 Å². The molecule has 0 fully saturated rings. The van der Waals surface area contributed by atoms with Gasteiger partial charge in [0.2, 0.25) is 0 Å². The summed E-state index contributed by atoms with van der Waals surface area (Å²) in [6.45, 7) is 1.31. The van der Waals surface area contributed by atoms with Crippen molar-refractivity contribution in [3.63, 3.8) is 0 Å². The molecule has 0 saturated heterocycles. The van der Waals surface area contributed by atoms with E-state index in [9.17, 15) is 9.59 Å². The molecule has 1 rings (SSSR count). The molecule has 18 heavy (non-hydrogen) atoms. The van der Waals surface area contributed by atoms with Crippen molar-refractivity contribution in [2.75, 3.05) is 25.6 Å². The summed E-state index contributed by atoms with van der Waals surface area (Å²) >= 11 is 5.82. The maximum atomic E-state index is 11.5. The Kier molecular flexibility index (Phi) is 5.61. The Morgan fingerprint density at radius 3 is 2.72 bits per heavy atom. The highest BCUT2D eigenvalue weighted by molar-refractivity contribution is 6.31. The van der Waals surface area contributed by atoms with E-state index >= 15 is 0 Å². The number of esters is 1. The third-order valence-corrected chi connectivity index (χ3v) is 2.34. The largest absolute Gasteiger partial charge is 0.454 e. The Bertz CT molecular complexity index is 448. The molecule has 1 aromatic carbocycles. The molecule has 1 aromatic rings. The number of amides is 1. The van der Waals surface area contributed by atoms with Crippen LogP contribution in [0.15, 0.2) is 18.2 Å². The molecule has 0 aromatic heterocycles. The van der Waals surface area contributed by atoms with Gasteiger partial charge in [0, 0.05) is 17.8 Å². The molecule has 0 aliphatic rings. The Hall–Kier alpha value is -1.59. The number of carbonyl (C=O) groups is 2. The van der Waals surface area contributed by atoms with Gasteiger partial charge < -0.3 is 14.8 Å². The van der Waals surface area contributed by atoms with Gasteiger partial charge >= 0.3 is 5.97 Å². The number of nitrogens with one attached hydrogen (secondary N) is 1. The van der Waals surface area contributed by atoms with Gasteiger partial charge in [-0.1, -0.05) is 17.7 Å². The molecule has 0 unspecified atom stereocenters. The normalized spacial score (nSPS) is 9.94. The molecule has 1 amide bonds. The fourth-order valence-corrected chi connectivity index (χ4v) is 1.39. The van der Waals surface area contributed by atoms with E-state index in [0.29, 0.717) is 10.7 Å². The molecular formula is C12H14ClNO4. The van der Waals surface area contributed by atoms with Gasteiger partial charge in [0.05, 0.1) is 0 Å². The number of carbonyl (C=O) groups excluding carboxylic acids is 2. The summed E-state index contributed by atoms with van der Waals surface area (Å²) in [7, 11) is 1.37. The lowest BCUT2D eigenvalue weighted by molar-refractivity contribution is -0.150. The second-order valence-corrected chi connectivity index (χ2v) is 4.04. The van der Waals surface area contributed by atoms with Gasteiger partial charge in [-0.05, 0) is 24.6 Å². The molecule has 1 N–H and O–H groups in total. The van der Waals surface area contributed by atoms with E-state index in [2.05, 4.69) is 14.8 Å². The summed E-state index contributed by atoms with van der Waals surface area (Å²) in [4.78, 5) is 22.5. The Morgan fingerprint density at radius 2 is 2.06 bits per heavy atom. The maximum absolute atomic E-state index is 11.5. The zero-order valence-electron chi connectivity index (χ0n) is 10.2. The molecule has 98 valence electrons. The highest BCUT2D eigenvalue weighted by Crippen LogP contribution is 2.19. The lowest BCUT2D eigenvalue weighted by atomic mass is 10.2. The van der Waals surface area contributed by atoms with Gasteiger partial charge in [-0.2, -0.15) is 0 Å². The van der Waals surface area contributed by atoms with E-state index in [-0.39, 0.29) is 13.2 Å². The minimum Gasteiger partial charge on any atom is -0.454 e. The van der Waals surface area contributed by atoms with Gasteiger partial charge in [0.15, 0.2) is 6.61 Å². The molecule has 0 bridgehead atoms. The Morgan fingerprint density at radius 1 is 1.33 bits per heavy atom. The predicted molar refractivity (Wildman–Crippen MR) is 67.7 cm³/mol. The first kappa shape index (κ1) is 14.5. The first-order valence-electron chi connectivity index (χ1n) is 5.23. The number of hydrogen-bond donors (Lipinski definition) is 1. The minimum atomic E-state index is -0.588. The number of rotatable bonds is 5. The van der Waals surface area contributed by atoms with E-state index in [4.69, 9.17) is 11.6 Å². The number of benzene rings is 1. The van der Waals surface area contributed by atoms with Crippen LogP contribution in [0.1, 0.15) is 5.56 Å². The van der Waals surface area contributed by atoms with E-state index in [1.807, 2.05) is 6.92 Å². The molecule has 0 aliphatic carbocycles. The van der Waals surface area contributed by atoms with Crippen molar-refractivity contribution in [1.29, 1.82) is 0 Å². The van der Waals surface area contributed by atoms with E-state index < -0.39 is 11.9 Å². The highest BCUT2D eigenvalue weighted by atomic mass is 35.5. The van der Waals surface area contributed by atoms with E-state index in [1.165, 1.54) is 7.11 Å². The van der Waals surface area contributed by atoms with Crippen molar-refractivity contribution < 1.29 is 19.1 Å². The van der Waals surface area contributed by atoms with Crippen molar-refractivity contribution >= 4 is 29.2 Å². The molecular weight excluding hydrogens is 258 g/mol. The number of aryl methyl sites for hydroxylation is 1. The summed E-state index contributed by atoms with van der Waals surface area (Å²) < 4.78 is 9.24. The van der Waals surface area contributed by atoms with Crippen molar-refractivity contribution in [1.82, 2.24) is 0 Å². The van der Waals surface area contributed by atoms with Gasteiger partial charge in [-0.3, -0.25) is 4.79 Å². The fraction of sp³-hybridized carbons (Fsp3) is 0.333. The molecule has 0 atom stereocenters. The van der Waals surface area contributed by atoms with Crippen LogP contribution >= 0.6 is 11.6 Å². The van der Waals surface area contributed by atoms with Gasteiger partial charge in [0.25, 0.3) is 5.91 Å². The average molecular weight is 272 g/mol. The van der Waals surface area contributed by atoms with Crippen LogP contribution in [-0.4, -0.2) is 32.2 Å². The van der Waals surface area contributed by atoms with Crippen molar-refractivity contribution in [2.45, 2.75) is 6.92 Å². The van der Waals surface area contributed by atoms with Crippen LogP contribution < -0.4 is 5.32 Å². The minimum absolute atomic E-state index is 0.177. The zero-order valence-corrected chi connectivity index (χ0v) is 10.9. The number of hydrogen-bond acceptors (Lipinski definition) is 4. The highest BCUT2D eigenvalue weighted by Gasteiger charge is 2.08. The molecule has 0 spiro atoms.